The van der Waals surface area contributed by atoms with Gasteiger partial charge < -0.3 is 15.5 Å². The van der Waals surface area contributed by atoms with Gasteiger partial charge in [0.1, 0.15) is 5.82 Å². The summed E-state index contributed by atoms with van der Waals surface area (Å²) in [6.45, 7) is 3.89. The third kappa shape index (κ3) is 4.96. The predicted molar refractivity (Wildman–Crippen MR) is 70.3 cm³/mol. The first-order chi connectivity index (χ1) is 8.93. The number of aliphatic carboxylic acids is 1. The highest BCUT2D eigenvalue weighted by Gasteiger charge is 2.24. The Morgan fingerprint density at radius 2 is 1.95 bits per heavy atom. The highest BCUT2D eigenvalue weighted by Crippen LogP contribution is 2.20. The van der Waals surface area contributed by atoms with Gasteiger partial charge in [0, 0.05) is 12.1 Å². The summed E-state index contributed by atoms with van der Waals surface area (Å²) in [6, 6.07) is 4.93. The molecule has 0 aliphatic rings. The summed E-state index contributed by atoms with van der Waals surface area (Å²) in [5.41, 5.74) is 0.503. The lowest BCUT2D eigenvalue weighted by atomic mass is 9.98. The maximum absolute atomic E-state index is 12.8. The second-order valence-corrected chi connectivity index (χ2v) is 4.68. The molecule has 0 aromatic heterocycles. The van der Waals surface area contributed by atoms with Crippen LogP contribution < -0.4 is 5.32 Å². The van der Waals surface area contributed by atoms with E-state index < -0.39 is 18.1 Å². The molecular weight excluding hydrogens is 249 g/mol. The summed E-state index contributed by atoms with van der Waals surface area (Å²) in [5, 5.41) is 22.2. The summed E-state index contributed by atoms with van der Waals surface area (Å²) in [5.74, 6) is -1.37. The number of hydrogen-bond acceptors (Lipinski definition) is 3. The second kappa shape index (κ2) is 7.21. The molecule has 0 amide bonds. The number of carboxylic acid groups (broad SMARTS) is 1. The van der Waals surface area contributed by atoms with Gasteiger partial charge in [-0.25, -0.2) is 4.39 Å². The van der Waals surface area contributed by atoms with E-state index in [1.807, 2.05) is 13.8 Å². The first kappa shape index (κ1) is 15.6. The number of benzene rings is 1. The van der Waals surface area contributed by atoms with Crippen molar-refractivity contribution in [1.82, 2.24) is 5.32 Å². The number of rotatable bonds is 7. The molecule has 0 saturated carbocycles. The molecule has 1 rings (SSSR count). The van der Waals surface area contributed by atoms with Crippen molar-refractivity contribution in [3.63, 3.8) is 0 Å². The predicted octanol–water partition coefficient (Wildman–Crippen LogP) is 2.09. The van der Waals surface area contributed by atoms with Crippen molar-refractivity contribution >= 4 is 5.97 Å². The minimum atomic E-state index is -0.984. The number of carbonyl (C=O) groups is 1. The Balaban J connectivity index is 2.83. The Kier molecular flexibility index (Phi) is 5.92. The maximum atomic E-state index is 12.8. The molecule has 0 radical (unpaired) electrons. The lowest BCUT2D eigenvalue weighted by Gasteiger charge is -2.26. The van der Waals surface area contributed by atoms with E-state index in [2.05, 4.69) is 5.32 Å². The molecule has 0 saturated heterocycles. The van der Waals surface area contributed by atoms with Crippen LogP contribution in [0.5, 0.6) is 0 Å². The van der Waals surface area contributed by atoms with Gasteiger partial charge in [-0.1, -0.05) is 19.1 Å². The van der Waals surface area contributed by atoms with Gasteiger partial charge in [0.15, 0.2) is 0 Å². The van der Waals surface area contributed by atoms with Crippen LogP contribution in [-0.4, -0.2) is 28.3 Å². The van der Waals surface area contributed by atoms with Gasteiger partial charge in [0.25, 0.3) is 0 Å². The molecule has 0 bridgehead atoms. The Hall–Kier alpha value is -1.46. The molecule has 106 valence electrons. The van der Waals surface area contributed by atoms with E-state index in [9.17, 15) is 14.3 Å². The van der Waals surface area contributed by atoms with Crippen molar-refractivity contribution in [1.29, 1.82) is 0 Å². The molecule has 19 heavy (non-hydrogen) atoms. The van der Waals surface area contributed by atoms with E-state index in [1.165, 1.54) is 24.3 Å². The molecule has 3 atom stereocenters. The van der Waals surface area contributed by atoms with E-state index >= 15 is 0 Å². The zero-order valence-corrected chi connectivity index (χ0v) is 11.1. The fraction of sp³-hybridized carbons (Fsp3) is 0.500. The van der Waals surface area contributed by atoms with Gasteiger partial charge in [-0.15, -0.1) is 0 Å². The minimum Gasteiger partial charge on any atom is -0.481 e. The second-order valence-electron chi connectivity index (χ2n) is 4.68. The van der Waals surface area contributed by atoms with Crippen molar-refractivity contribution in [3.8, 4) is 0 Å². The largest absolute Gasteiger partial charge is 0.481 e. The van der Waals surface area contributed by atoms with Crippen LogP contribution in [0, 0.1) is 5.82 Å². The Morgan fingerprint density at radius 3 is 2.42 bits per heavy atom. The molecule has 4 nitrogen and oxygen atoms in total. The van der Waals surface area contributed by atoms with Gasteiger partial charge >= 0.3 is 5.97 Å². The van der Waals surface area contributed by atoms with Gasteiger partial charge in [-0.2, -0.15) is 0 Å². The van der Waals surface area contributed by atoms with Crippen molar-refractivity contribution in [2.45, 2.75) is 44.9 Å². The molecule has 1 aromatic carbocycles. The topological polar surface area (TPSA) is 69.6 Å². The molecule has 0 aliphatic heterocycles. The monoisotopic (exact) mass is 269 g/mol. The van der Waals surface area contributed by atoms with Crippen LogP contribution >= 0.6 is 0 Å². The molecule has 0 heterocycles. The summed E-state index contributed by atoms with van der Waals surface area (Å²) in [7, 11) is 0. The van der Waals surface area contributed by atoms with E-state index in [4.69, 9.17) is 5.11 Å². The van der Waals surface area contributed by atoms with Crippen molar-refractivity contribution < 1.29 is 19.4 Å². The van der Waals surface area contributed by atoms with E-state index in [1.54, 1.807) is 0 Å². The molecule has 5 heteroatoms. The highest BCUT2D eigenvalue weighted by atomic mass is 19.1. The van der Waals surface area contributed by atoms with Gasteiger partial charge in [-0.05, 0) is 31.0 Å². The molecule has 3 unspecified atom stereocenters. The van der Waals surface area contributed by atoms with Crippen LogP contribution in [0.3, 0.4) is 0 Å². The lowest BCUT2D eigenvalue weighted by molar-refractivity contribution is -0.138. The number of hydrogen-bond donors (Lipinski definition) is 3. The zero-order valence-electron chi connectivity index (χ0n) is 11.1. The van der Waals surface area contributed by atoms with Gasteiger partial charge in [0.2, 0.25) is 0 Å². The zero-order chi connectivity index (χ0) is 14.4. The molecular formula is C14H20FNO3. The van der Waals surface area contributed by atoms with Crippen LogP contribution in [0.4, 0.5) is 4.39 Å². The minimum absolute atomic E-state index is 0.0967. The molecule has 1 aromatic rings. The molecule has 3 N–H and O–H groups in total. The molecule has 0 spiro atoms. The standard InChI is InChI=1S/C14H20FNO3/c1-3-9(2)16-12(8-13(17)18)14(19)10-4-6-11(15)7-5-10/h4-7,9,12,14,16,19H,3,8H2,1-2H3,(H,17,18). The normalized spacial score (nSPS) is 15.8. The van der Waals surface area contributed by atoms with E-state index in [0.717, 1.165) is 6.42 Å². The number of aliphatic hydroxyl groups is 1. The fourth-order valence-electron chi connectivity index (χ4n) is 1.83. The summed E-state index contributed by atoms with van der Waals surface area (Å²) < 4.78 is 12.8. The average Bonchev–Trinajstić information content (AvgIpc) is 2.37. The van der Waals surface area contributed by atoms with Crippen molar-refractivity contribution in [3.05, 3.63) is 35.6 Å². The van der Waals surface area contributed by atoms with E-state index in [-0.39, 0.29) is 18.3 Å². The fourth-order valence-corrected chi connectivity index (χ4v) is 1.83. The highest BCUT2D eigenvalue weighted by molar-refractivity contribution is 5.67. The first-order valence-electron chi connectivity index (χ1n) is 6.35. The third-order valence-electron chi connectivity index (χ3n) is 3.10. The van der Waals surface area contributed by atoms with Gasteiger partial charge in [0.05, 0.1) is 12.5 Å². The van der Waals surface area contributed by atoms with Crippen molar-refractivity contribution in [2.75, 3.05) is 0 Å². The summed E-state index contributed by atoms with van der Waals surface area (Å²) in [6.07, 6.45) is -0.347. The molecule has 0 fully saturated rings. The lowest BCUT2D eigenvalue weighted by Crippen LogP contribution is -2.41. The van der Waals surface area contributed by atoms with Crippen LogP contribution in [-0.2, 0) is 4.79 Å². The average molecular weight is 269 g/mol. The van der Waals surface area contributed by atoms with Crippen molar-refractivity contribution in [2.24, 2.45) is 0 Å². The van der Waals surface area contributed by atoms with Gasteiger partial charge in [-0.3, -0.25) is 4.79 Å². The first-order valence-corrected chi connectivity index (χ1v) is 6.35. The number of carboxylic acids is 1. The van der Waals surface area contributed by atoms with Crippen LogP contribution in [0.2, 0.25) is 0 Å². The number of nitrogens with one attached hydrogen (secondary N) is 1. The van der Waals surface area contributed by atoms with E-state index in [0.29, 0.717) is 5.56 Å². The smallest absolute Gasteiger partial charge is 0.305 e. The molecule has 0 aliphatic carbocycles. The van der Waals surface area contributed by atoms with Crippen LogP contribution in [0.15, 0.2) is 24.3 Å². The Labute approximate surface area is 112 Å². The summed E-state index contributed by atoms with van der Waals surface area (Å²) in [4.78, 5) is 10.9. The number of aliphatic hydroxyl groups excluding tert-OH is 1. The van der Waals surface area contributed by atoms with Crippen LogP contribution in [0.1, 0.15) is 38.4 Å². The maximum Gasteiger partial charge on any atom is 0.305 e. The summed E-state index contributed by atoms with van der Waals surface area (Å²) >= 11 is 0. The SMILES string of the molecule is CCC(C)NC(CC(=O)O)C(O)c1ccc(F)cc1. The van der Waals surface area contributed by atoms with Crippen LogP contribution in [0.25, 0.3) is 0 Å². The quantitative estimate of drug-likeness (QED) is 0.709. The third-order valence-corrected chi connectivity index (χ3v) is 3.10. The Morgan fingerprint density at radius 1 is 1.37 bits per heavy atom. The number of halogens is 1. The Bertz CT molecular complexity index is 408.